The summed E-state index contributed by atoms with van der Waals surface area (Å²) in [5, 5.41) is 2.45. The first-order valence-electron chi connectivity index (χ1n) is 10.4. The minimum Gasteiger partial charge on any atom is -0.466 e. The monoisotopic (exact) mass is 368 g/mol. The lowest BCUT2D eigenvalue weighted by Crippen LogP contribution is -2.35. The molecule has 0 bridgehead atoms. The molecule has 3 amide bonds. The number of carbonyl (C=O) groups is 3. The van der Waals surface area contributed by atoms with E-state index in [1.54, 1.807) is 4.90 Å². The van der Waals surface area contributed by atoms with Crippen molar-refractivity contribution in [3.63, 3.8) is 0 Å². The Morgan fingerprint density at radius 2 is 1.62 bits per heavy atom. The zero-order valence-electron chi connectivity index (χ0n) is 16.6. The molecule has 1 fully saturated rings. The number of amides is 3. The molecule has 150 valence electrons. The van der Waals surface area contributed by atoms with E-state index in [2.05, 4.69) is 12.2 Å². The van der Waals surface area contributed by atoms with Gasteiger partial charge in [0.1, 0.15) is 6.04 Å². The molecular weight excluding hydrogens is 332 g/mol. The van der Waals surface area contributed by atoms with Crippen molar-refractivity contribution in [3.05, 3.63) is 0 Å². The van der Waals surface area contributed by atoms with Crippen LogP contribution in [0.1, 0.15) is 90.9 Å². The molecule has 1 atom stereocenters. The molecule has 1 rings (SSSR count). The minimum absolute atomic E-state index is 0.140. The molecule has 6 nitrogen and oxygen atoms in total. The number of unbranched alkanes of at least 4 members (excludes halogenated alkanes) is 8. The summed E-state index contributed by atoms with van der Waals surface area (Å²) in [7, 11) is 0. The number of hydrogen-bond acceptors (Lipinski definition) is 4. The average Bonchev–Trinajstić information content (AvgIpc) is 2.87. The van der Waals surface area contributed by atoms with Crippen LogP contribution >= 0.6 is 0 Å². The van der Waals surface area contributed by atoms with E-state index in [9.17, 15) is 14.4 Å². The molecule has 1 aliphatic rings. The molecule has 0 radical (unpaired) electrons. The molecule has 0 aromatic carbocycles. The average molecular weight is 369 g/mol. The molecule has 6 heteroatoms. The maximum atomic E-state index is 12.0. The van der Waals surface area contributed by atoms with Crippen molar-refractivity contribution in [2.75, 3.05) is 13.2 Å². The topological polar surface area (TPSA) is 75.7 Å². The number of esters is 1. The lowest BCUT2D eigenvalue weighted by atomic mass is 10.0. The lowest BCUT2D eigenvalue weighted by molar-refractivity contribution is -0.143. The predicted octanol–water partition coefficient (Wildman–Crippen LogP) is 4.17. The third-order valence-electron chi connectivity index (χ3n) is 4.84. The predicted molar refractivity (Wildman–Crippen MR) is 102 cm³/mol. The Morgan fingerprint density at radius 1 is 0.962 bits per heavy atom. The van der Waals surface area contributed by atoms with Gasteiger partial charge < -0.3 is 9.64 Å². The van der Waals surface area contributed by atoms with Crippen LogP contribution in [0.15, 0.2) is 0 Å². The van der Waals surface area contributed by atoms with E-state index in [-0.39, 0.29) is 23.9 Å². The zero-order chi connectivity index (χ0) is 19.2. The zero-order valence-corrected chi connectivity index (χ0v) is 16.6. The van der Waals surface area contributed by atoms with Gasteiger partial charge in [0, 0.05) is 13.0 Å². The van der Waals surface area contributed by atoms with Crippen molar-refractivity contribution in [2.24, 2.45) is 0 Å². The van der Waals surface area contributed by atoms with Gasteiger partial charge in [-0.15, -0.1) is 0 Å². The highest BCUT2D eigenvalue weighted by atomic mass is 16.5. The van der Waals surface area contributed by atoms with Crippen LogP contribution in [0.2, 0.25) is 0 Å². The fourth-order valence-electron chi connectivity index (χ4n) is 3.34. The van der Waals surface area contributed by atoms with Crippen molar-refractivity contribution >= 4 is 17.9 Å². The number of hydrogen-bond donors (Lipinski definition) is 1. The van der Waals surface area contributed by atoms with Crippen LogP contribution in [0.3, 0.4) is 0 Å². The maximum absolute atomic E-state index is 12.0. The van der Waals surface area contributed by atoms with E-state index >= 15 is 0 Å². The number of nitrogens with zero attached hydrogens (tertiary/aromatic N) is 1. The van der Waals surface area contributed by atoms with Gasteiger partial charge in [-0.2, -0.15) is 0 Å². The maximum Gasteiger partial charge on any atom is 0.324 e. The van der Waals surface area contributed by atoms with Crippen LogP contribution in [-0.4, -0.2) is 42.0 Å². The van der Waals surface area contributed by atoms with E-state index in [1.165, 1.54) is 25.7 Å². The first-order valence-corrected chi connectivity index (χ1v) is 10.4. The summed E-state index contributed by atoms with van der Waals surface area (Å²) in [4.78, 5) is 37.0. The standard InChI is InChI=1S/C20H36N2O4/c1-3-5-6-7-10-13-16-22-17(19(24)21-20(22)25)14-11-8-9-12-15-18(23)26-4-2/h17H,3-16H2,1-2H3,(H,21,24,25). The number of nitrogens with one attached hydrogen (secondary N) is 1. The molecule has 0 saturated carbocycles. The molecule has 1 heterocycles. The van der Waals surface area contributed by atoms with Gasteiger partial charge in [-0.25, -0.2) is 4.79 Å². The third kappa shape index (κ3) is 8.68. The molecule has 26 heavy (non-hydrogen) atoms. The van der Waals surface area contributed by atoms with E-state index in [1.807, 2.05) is 6.92 Å². The Bertz CT molecular complexity index is 440. The molecular formula is C20H36N2O4. The molecule has 1 N–H and O–H groups in total. The fraction of sp³-hybridized carbons (Fsp3) is 0.850. The second kappa shape index (κ2) is 13.6. The molecule has 1 saturated heterocycles. The highest BCUT2D eigenvalue weighted by molar-refractivity contribution is 6.04. The van der Waals surface area contributed by atoms with Gasteiger partial charge in [-0.05, 0) is 26.2 Å². The van der Waals surface area contributed by atoms with Gasteiger partial charge in [-0.3, -0.25) is 14.9 Å². The number of ether oxygens (including phenoxy) is 1. The van der Waals surface area contributed by atoms with Crippen molar-refractivity contribution in [1.29, 1.82) is 0 Å². The Hall–Kier alpha value is -1.59. The van der Waals surface area contributed by atoms with Gasteiger partial charge in [0.2, 0.25) is 0 Å². The number of urea groups is 1. The van der Waals surface area contributed by atoms with Crippen LogP contribution in [0.5, 0.6) is 0 Å². The van der Waals surface area contributed by atoms with Crippen LogP contribution in [0.25, 0.3) is 0 Å². The third-order valence-corrected chi connectivity index (χ3v) is 4.84. The summed E-state index contributed by atoms with van der Waals surface area (Å²) in [6.45, 7) is 5.10. The van der Waals surface area contributed by atoms with E-state index in [4.69, 9.17) is 4.74 Å². The summed E-state index contributed by atoms with van der Waals surface area (Å²) in [6.07, 6.45) is 11.8. The number of carbonyl (C=O) groups excluding carboxylic acids is 3. The van der Waals surface area contributed by atoms with Gasteiger partial charge in [0.25, 0.3) is 5.91 Å². The molecule has 0 aromatic heterocycles. The van der Waals surface area contributed by atoms with E-state index in [0.717, 1.165) is 38.5 Å². The van der Waals surface area contributed by atoms with Crippen molar-refractivity contribution < 1.29 is 19.1 Å². The molecule has 0 spiro atoms. The summed E-state index contributed by atoms with van der Waals surface area (Å²) < 4.78 is 4.90. The lowest BCUT2D eigenvalue weighted by Gasteiger charge is -2.21. The second-order valence-electron chi connectivity index (χ2n) is 7.03. The normalized spacial score (nSPS) is 16.8. The Labute approximate surface area is 158 Å². The largest absolute Gasteiger partial charge is 0.466 e. The highest BCUT2D eigenvalue weighted by Crippen LogP contribution is 2.18. The number of imide groups is 1. The quantitative estimate of drug-likeness (QED) is 0.267. The van der Waals surface area contributed by atoms with Gasteiger partial charge in [0.05, 0.1) is 6.61 Å². The molecule has 0 aromatic rings. The summed E-state index contributed by atoms with van der Waals surface area (Å²) in [5.74, 6) is -0.300. The van der Waals surface area contributed by atoms with Gasteiger partial charge in [-0.1, -0.05) is 58.3 Å². The minimum atomic E-state index is -0.316. The Kier molecular flexibility index (Phi) is 11.7. The van der Waals surface area contributed by atoms with Crippen LogP contribution in [0, 0.1) is 0 Å². The van der Waals surface area contributed by atoms with Crippen molar-refractivity contribution in [1.82, 2.24) is 10.2 Å². The molecule has 1 unspecified atom stereocenters. The number of rotatable bonds is 15. The second-order valence-corrected chi connectivity index (χ2v) is 7.03. The summed E-state index contributed by atoms with van der Waals surface area (Å²) in [6, 6.07) is -0.556. The van der Waals surface area contributed by atoms with Gasteiger partial charge >= 0.3 is 12.0 Å². The highest BCUT2D eigenvalue weighted by Gasteiger charge is 2.37. The first-order chi connectivity index (χ1) is 12.6. The fourth-order valence-corrected chi connectivity index (χ4v) is 3.34. The van der Waals surface area contributed by atoms with E-state index in [0.29, 0.717) is 26.0 Å². The Morgan fingerprint density at radius 3 is 2.35 bits per heavy atom. The SMILES string of the molecule is CCCCCCCCN1C(=O)NC(=O)C1CCCCCCC(=O)OCC. The van der Waals surface area contributed by atoms with E-state index < -0.39 is 0 Å². The summed E-state index contributed by atoms with van der Waals surface area (Å²) in [5.41, 5.74) is 0. The van der Waals surface area contributed by atoms with Crippen molar-refractivity contribution in [2.45, 2.75) is 96.9 Å². The Balaban J connectivity index is 2.20. The molecule has 0 aliphatic carbocycles. The van der Waals surface area contributed by atoms with Gasteiger partial charge in [0.15, 0.2) is 0 Å². The van der Waals surface area contributed by atoms with Crippen LogP contribution in [0.4, 0.5) is 4.79 Å². The summed E-state index contributed by atoms with van der Waals surface area (Å²) >= 11 is 0. The van der Waals surface area contributed by atoms with Crippen LogP contribution in [-0.2, 0) is 14.3 Å². The van der Waals surface area contributed by atoms with Crippen LogP contribution < -0.4 is 5.32 Å². The molecule has 1 aliphatic heterocycles. The van der Waals surface area contributed by atoms with Crippen molar-refractivity contribution in [3.8, 4) is 0 Å². The first kappa shape index (κ1) is 22.5. The smallest absolute Gasteiger partial charge is 0.324 e.